The SMILES string of the molecule is Cc1cc(/C=C(\C#N)C(=O)NC[C@H]2CCCO2)c(C)n1-c1ccc(NC2CCCCC2)c([N+](=O)[O-])c1. The number of hydrogen-bond acceptors (Lipinski definition) is 6. The van der Waals surface area contributed by atoms with E-state index in [-0.39, 0.29) is 28.3 Å². The molecule has 9 nitrogen and oxygen atoms in total. The van der Waals surface area contributed by atoms with Gasteiger partial charge in [0.15, 0.2) is 0 Å². The van der Waals surface area contributed by atoms with Crippen LogP contribution in [-0.4, -0.2) is 40.7 Å². The Morgan fingerprint density at radius 1 is 1.22 bits per heavy atom. The molecule has 1 atom stereocenters. The highest BCUT2D eigenvalue weighted by atomic mass is 16.6. The van der Waals surface area contributed by atoms with Crippen LogP contribution in [0.3, 0.4) is 0 Å². The van der Waals surface area contributed by atoms with Crippen LogP contribution in [0.25, 0.3) is 11.8 Å². The number of nitro benzene ring substituents is 1. The second kappa shape index (κ2) is 11.4. The summed E-state index contributed by atoms with van der Waals surface area (Å²) in [6.45, 7) is 4.84. The Morgan fingerprint density at radius 3 is 2.67 bits per heavy atom. The van der Waals surface area contributed by atoms with Gasteiger partial charge in [-0.3, -0.25) is 14.9 Å². The van der Waals surface area contributed by atoms with E-state index in [0.29, 0.717) is 30.1 Å². The summed E-state index contributed by atoms with van der Waals surface area (Å²) in [5.41, 5.74) is 3.58. The monoisotopic (exact) mass is 491 g/mol. The summed E-state index contributed by atoms with van der Waals surface area (Å²) in [4.78, 5) is 24.1. The number of nitrogens with one attached hydrogen (secondary N) is 2. The molecule has 1 aliphatic heterocycles. The van der Waals surface area contributed by atoms with Crippen molar-refractivity contribution in [3.8, 4) is 11.8 Å². The number of carbonyl (C=O) groups is 1. The summed E-state index contributed by atoms with van der Waals surface area (Å²) in [5.74, 6) is -0.438. The Hall–Kier alpha value is -3.64. The number of aromatic nitrogens is 1. The Bertz CT molecular complexity index is 1200. The summed E-state index contributed by atoms with van der Waals surface area (Å²) in [6.07, 6.45) is 8.96. The molecule has 1 amide bonds. The van der Waals surface area contributed by atoms with Gasteiger partial charge in [0.05, 0.1) is 16.7 Å². The fourth-order valence-corrected chi connectivity index (χ4v) is 5.14. The minimum atomic E-state index is -0.438. The lowest BCUT2D eigenvalue weighted by atomic mass is 9.95. The van der Waals surface area contributed by atoms with Gasteiger partial charge in [-0.1, -0.05) is 19.3 Å². The van der Waals surface area contributed by atoms with Crippen molar-refractivity contribution in [2.75, 3.05) is 18.5 Å². The van der Waals surface area contributed by atoms with Crippen molar-refractivity contribution >= 4 is 23.4 Å². The molecule has 1 aromatic carbocycles. The first kappa shape index (κ1) is 25.5. The molecule has 2 aromatic rings. The van der Waals surface area contributed by atoms with E-state index in [4.69, 9.17) is 4.74 Å². The summed E-state index contributed by atoms with van der Waals surface area (Å²) in [7, 11) is 0. The Balaban J connectivity index is 1.57. The Kier molecular flexibility index (Phi) is 8.06. The van der Waals surface area contributed by atoms with Crippen LogP contribution in [-0.2, 0) is 9.53 Å². The second-order valence-electron chi connectivity index (χ2n) is 9.61. The highest BCUT2D eigenvalue weighted by molar-refractivity contribution is 6.01. The maximum Gasteiger partial charge on any atom is 0.294 e. The molecule has 0 spiro atoms. The first-order chi connectivity index (χ1) is 17.4. The van der Waals surface area contributed by atoms with Crippen molar-refractivity contribution in [1.82, 2.24) is 9.88 Å². The molecular formula is C27H33N5O4. The molecule has 2 aliphatic rings. The van der Waals surface area contributed by atoms with Crippen LogP contribution >= 0.6 is 0 Å². The van der Waals surface area contributed by atoms with Gasteiger partial charge in [0.25, 0.3) is 11.6 Å². The van der Waals surface area contributed by atoms with Crippen molar-refractivity contribution in [2.45, 2.75) is 70.9 Å². The lowest BCUT2D eigenvalue weighted by molar-refractivity contribution is -0.384. The van der Waals surface area contributed by atoms with E-state index < -0.39 is 5.91 Å². The van der Waals surface area contributed by atoms with Crippen LogP contribution in [0.5, 0.6) is 0 Å². The van der Waals surface area contributed by atoms with Gasteiger partial charge in [0.1, 0.15) is 17.3 Å². The van der Waals surface area contributed by atoms with E-state index in [9.17, 15) is 20.2 Å². The minimum Gasteiger partial charge on any atom is -0.377 e. The van der Waals surface area contributed by atoms with E-state index >= 15 is 0 Å². The average molecular weight is 492 g/mol. The lowest BCUT2D eigenvalue weighted by Crippen LogP contribution is -2.32. The van der Waals surface area contributed by atoms with Crippen LogP contribution in [0.4, 0.5) is 11.4 Å². The zero-order valence-corrected chi connectivity index (χ0v) is 20.9. The molecule has 0 bridgehead atoms. The van der Waals surface area contributed by atoms with Gasteiger partial charge in [-0.25, -0.2) is 0 Å². The van der Waals surface area contributed by atoms with Crippen LogP contribution in [0.1, 0.15) is 61.9 Å². The second-order valence-corrected chi connectivity index (χ2v) is 9.61. The smallest absolute Gasteiger partial charge is 0.294 e. The number of aryl methyl sites for hydroxylation is 1. The van der Waals surface area contributed by atoms with Crippen LogP contribution in [0, 0.1) is 35.3 Å². The largest absolute Gasteiger partial charge is 0.377 e. The maximum atomic E-state index is 12.6. The molecule has 1 saturated heterocycles. The van der Waals surface area contributed by atoms with Crippen molar-refractivity contribution in [2.24, 2.45) is 0 Å². The average Bonchev–Trinajstić information content (AvgIpc) is 3.49. The lowest BCUT2D eigenvalue weighted by Gasteiger charge is -2.24. The molecule has 0 radical (unpaired) electrons. The summed E-state index contributed by atoms with van der Waals surface area (Å²) >= 11 is 0. The highest BCUT2D eigenvalue weighted by Gasteiger charge is 2.22. The molecule has 4 rings (SSSR count). The standard InChI is InChI=1S/C27H33N5O4/c1-18-13-20(14-21(16-28)27(33)29-17-24-9-6-12-36-24)19(2)31(18)23-10-11-25(26(15-23)32(34)35)30-22-7-4-3-5-8-22/h10-11,13-15,22,24,30H,3-9,12,17H2,1-2H3,(H,29,33)/b21-14+/t24-/m1/s1. The fourth-order valence-electron chi connectivity index (χ4n) is 5.14. The zero-order valence-electron chi connectivity index (χ0n) is 20.9. The predicted octanol–water partition coefficient (Wildman–Crippen LogP) is 4.95. The van der Waals surface area contributed by atoms with E-state index in [2.05, 4.69) is 10.6 Å². The van der Waals surface area contributed by atoms with Crippen molar-refractivity contribution < 1.29 is 14.5 Å². The molecule has 2 N–H and O–H groups in total. The number of nitro groups is 1. The first-order valence-electron chi connectivity index (χ1n) is 12.6. The third-order valence-electron chi connectivity index (χ3n) is 7.05. The number of ether oxygens (including phenoxy) is 1. The van der Waals surface area contributed by atoms with E-state index in [1.54, 1.807) is 18.2 Å². The molecular weight excluding hydrogens is 458 g/mol. The van der Waals surface area contributed by atoms with Crippen molar-refractivity contribution in [3.05, 3.63) is 56.9 Å². The summed E-state index contributed by atoms with van der Waals surface area (Å²) < 4.78 is 7.43. The third-order valence-corrected chi connectivity index (χ3v) is 7.05. The molecule has 9 heteroatoms. The van der Waals surface area contributed by atoms with Gasteiger partial charge in [-0.2, -0.15) is 5.26 Å². The number of nitriles is 1. The Morgan fingerprint density at radius 2 is 2.00 bits per heavy atom. The van der Waals surface area contributed by atoms with Gasteiger partial charge in [0.2, 0.25) is 0 Å². The topological polar surface area (TPSA) is 122 Å². The van der Waals surface area contributed by atoms with Crippen LogP contribution < -0.4 is 10.6 Å². The van der Waals surface area contributed by atoms with Gasteiger partial charge >= 0.3 is 0 Å². The van der Waals surface area contributed by atoms with Crippen LogP contribution in [0.2, 0.25) is 0 Å². The third kappa shape index (κ3) is 5.77. The number of carbonyl (C=O) groups excluding carboxylic acids is 1. The molecule has 2 heterocycles. The highest BCUT2D eigenvalue weighted by Crippen LogP contribution is 2.32. The van der Waals surface area contributed by atoms with Gasteiger partial charge in [-0.15, -0.1) is 0 Å². The number of anilines is 1. The molecule has 1 aliphatic carbocycles. The summed E-state index contributed by atoms with van der Waals surface area (Å²) in [6, 6.07) is 9.34. The van der Waals surface area contributed by atoms with Crippen molar-refractivity contribution in [3.63, 3.8) is 0 Å². The Labute approximate surface area is 211 Å². The quantitative estimate of drug-likeness (QED) is 0.233. The van der Waals surface area contributed by atoms with Crippen molar-refractivity contribution in [1.29, 1.82) is 5.26 Å². The molecule has 190 valence electrons. The van der Waals surface area contributed by atoms with Gasteiger partial charge in [0, 0.05) is 36.6 Å². The van der Waals surface area contributed by atoms with E-state index in [0.717, 1.165) is 49.9 Å². The minimum absolute atomic E-state index is 0.00579. The van der Waals surface area contributed by atoms with E-state index in [1.807, 2.05) is 36.6 Å². The number of amides is 1. The first-order valence-corrected chi connectivity index (χ1v) is 12.6. The molecule has 1 aromatic heterocycles. The molecule has 36 heavy (non-hydrogen) atoms. The fraction of sp³-hybridized carbons (Fsp3) is 0.481. The normalized spacial score (nSPS) is 18.6. The number of hydrogen-bond donors (Lipinski definition) is 2. The van der Waals surface area contributed by atoms with Gasteiger partial charge < -0.3 is 19.9 Å². The molecule has 0 unspecified atom stereocenters. The maximum absolute atomic E-state index is 12.6. The predicted molar refractivity (Wildman–Crippen MR) is 138 cm³/mol. The number of nitrogens with zero attached hydrogens (tertiary/aromatic N) is 3. The van der Waals surface area contributed by atoms with E-state index in [1.165, 1.54) is 6.42 Å². The van der Waals surface area contributed by atoms with Gasteiger partial charge in [-0.05, 0) is 69.4 Å². The number of rotatable bonds is 8. The summed E-state index contributed by atoms with van der Waals surface area (Å²) in [5, 5.41) is 27.6. The zero-order chi connectivity index (χ0) is 25.7. The van der Waals surface area contributed by atoms with Crippen LogP contribution in [0.15, 0.2) is 29.8 Å². The molecule has 1 saturated carbocycles. The number of benzene rings is 1. The molecule has 2 fully saturated rings.